The third-order valence-electron chi connectivity index (χ3n) is 3.02. The van der Waals surface area contributed by atoms with Crippen LogP contribution in [0.3, 0.4) is 0 Å². The second-order valence-corrected chi connectivity index (χ2v) is 4.65. The summed E-state index contributed by atoms with van der Waals surface area (Å²) >= 11 is 0. The first kappa shape index (κ1) is 15.4. The lowest BCUT2D eigenvalue weighted by Gasteiger charge is -2.14. The zero-order chi connectivity index (χ0) is 14.1. The van der Waals surface area contributed by atoms with E-state index in [9.17, 15) is 0 Å². The molecule has 0 aromatic rings. The average molecular weight is 258 g/mol. The molecular formula is C17H26N2. The second kappa shape index (κ2) is 8.41. The lowest BCUT2D eigenvalue weighted by atomic mass is 10.0. The zero-order valence-electron chi connectivity index (χ0n) is 12.6. The van der Waals surface area contributed by atoms with Crippen LogP contribution in [0, 0.1) is 0 Å². The quantitative estimate of drug-likeness (QED) is 0.511. The molecule has 0 heterocycles. The molecule has 2 nitrogen and oxygen atoms in total. The van der Waals surface area contributed by atoms with Crippen LogP contribution in [0.15, 0.2) is 59.0 Å². The van der Waals surface area contributed by atoms with Gasteiger partial charge in [0.15, 0.2) is 0 Å². The minimum Gasteiger partial charge on any atom is -0.394 e. The van der Waals surface area contributed by atoms with Crippen molar-refractivity contribution in [2.45, 2.75) is 33.6 Å². The summed E-state index contributed by atoms with van der Waals surface area (Å²) in [5.41, 5.74) is 5.30. The number of allylic oxidation sites excluding steroid dienone is 6. The van der Waals surface area contributed by atoms with E-state index < -0.39 is 0 Å². The number of hydrogen-bond donors (Lipinski definition) is 2. The van der Waals surface area contributed by atoms with E-state index in [0.29, 0.717) is 0 Å². The maximum Gasteiger partial charge on any atom is 0.0375 e. The monoisotopic (exact) mass is 258 g/mol. The van der Waals surface area contributed by atoms with Crippen LogP contribution in [-0.2, 0) is 0 Å². The predicted molar refractivity (Wildman–Crippen MR) is 84.8 cm³/mol. The number of rotatable bonds is 8. The van der Waals surface area contributed by atoms with Crippen molar-refractivity contribution in [2.75, 3.05) is 13.6 Å². The lowest BCUT2D eigenvalue weighted by molar-refractivity contribution is 0.883. The molecule has 19 heavy (non-hydrogen) atoms. The van der Waals surface area contributed by atoms with Crippen LogP contribution in [0.4, 0.5) is 0 Å². The predicted octanol–water partition coefficient (Wildman–Crippen LogP) is 3.83. The highest BCUT2D eigenvalue weighted by Crippen LogP contribution is 2.21. The topological polar surface area (TPSA) is 24.1 Å². The van der Waals surface area contributed by atoms with Gasteiger partial charge in [-0.15, -0.1) is 0 Å². The Labute approximate surface area is 117 Å². The van der Waals surface area contributed by atoms with E-state index in [0.717, 1.165) is 13.0 Å². The third kappa shape index (κ3) is 5.64. The molecular weight excluding hydrogens is 232 g/mol. The molecule has 0 aromatic heterocycles. The van der Waals surface area contributed by atoms with Gasteiger partial charge in [0.1, 0.15) is 0 Å². The molecule has 0 amide bonds. The summed E-state index contributed by atoms with van der Waals surface area (Å²) < 4.78 is 0. The van der Waals surface area contributed by atoms with Crippen molar-refractivity contribution < 1.29 is 0 Å². The fraction of sp³-hybridized carbons (Fsp3) is 0.412. The van der Waals surface area contributed by atoms with Crippen LogP contribution in [0.1, 0.15) is 33.6 Å². The van der Waals surface area contributed by atoms with E-state index >= 15 is 0 Å². The van der Waals surface area contributed by atoms with Crippen molar-refractivity contribution in [2.24, 2.45) is 0 Å². The first-order chi connectivity index (χ1) is 9.22. The highest BCUT2D eigenvalue weighted by molar-refractivity contribution is 5.46. The van der Waals surface area contributed by atoms with Gasteiger partial charge in [-0.1, -0.05) is 36.8 Å². The van der Waals surface area contributed by atoms with Crippen LogP contribution in [0.2, 0.25) is 0 Å². The van der Waals surface area contributed by atoms with Gasteiger partial charge >= 0.3 is 0 Å². The third-order valence-corrected chi connectivity index (χ3v) is 3.02. The Morgan fingerprint density at radius 1 is 1.42 bits per heavy atom. The van der Waals surface area contributed by atoms with Gasteiger partial charge in [0.05, 0.1) is 0 Å². The van der Waals surface area contributed by atoms with Crippen LogP contribution < -0.4 is 10.6 Å². The molecule has 2 heteroatoms. The lowest BCUT2D eigenvalue weighted by Crippen LogP contribution is -2.16. The molecule has 1 aliphatic rings. The van der Waals surface area contributed by atoms with Crippen LogP contribution in [0.25, 0.3) is 0 Å². The Hall–Kier alpha value is -1.70. The fourth-order valence-corrected chi connectivity index (χ4v) is 1.88. The molecule has 0 saturated heterocycles. The van der Waals surface area contributed by atoms with Crippen LogP contribution in [-0.4, -0.2) is 13.6 Å². The second-order valence-electron chi connectivity index (χ2n) is 4.65. The van der Waals surface area contributed by atoms with Gasteiger partial charge in [0.2, 0.25) is 0 Å². The van der Waals surface area contributed by atoms with E-state index in [2.05, 4.69) is 55.7 Å². The molecule has 0 spiro atoms. The van der Waals surface area contributed by atoms with E-state index in [1.54, 1.807) is 0 Å². The summed E-state index contributed by atoms with van der Waals surface area (Å²) in [5.74, 6) is 0. The van der Waals surface area contributed by atoms with Crippen molar-refractivity contribution in [3.63, 3.8) is 0 Å². The highest BCUT2D eigenvalue weighted by Gasteiger charge is 2.10. The Morgan fingerprint density at radius 3 is 2.68 bits per heavy atom. The summed E-state index contributed by atoms with van der Waals surface area (Å²) in [5, 5.41) is 6.55. The normalized spacial score (nSPS) is 16.6. The standard InChI is InChI=1S/C17H26N2/c1-5-8-17(19-13-15-10-11-15)16(6-2)14(3)9-7-12-18-4/h6-10,12,18-19H,5,11,13H2,1-4H3/b12-7+,14-9-,16-6+,17-8-. The zero-order valence-corrected chi connectivity index (χ0v) is 12.6. The average Bonchev–Trinajstić information content (AvgIpc) is 3.21. The minimum atomic E-state index is 0.975. The van der Waals surface area contributed by atoms with E-state index in [1.165, 1.54) is 28.8 Å². The number of hydrogen-bond acceptors (Lipinski definition) is 2. The van der Waals surface area contributed by atoms with E-state index in [-0.39, 0.29) is 0 Å². The van der Waals surface area contributed by atoms with Crippen molar-refractivity contribution in [1.82, 2.24) is 10.6 Å². The summed E-state index contributed by atoms with van der Waals surface area (Å²) in [7, 11) is 1.91. The van der Waals surface area contributed by atoms with Crippen molar-refractivity contribution in [3.8, 4) is 0 Å². The fourth-order valence-electron chi connectivity index (χ4n) is 1.88. The summed E-state index contributed by atoms with van der Waals surface area (Å²) in [4.78, 5) is 0. The molecule has 2 N–H and O–H groups in total. The molecule has 1 rings (SSSR count). The molecule has 0 fully saturated rings. The molecule has 104 valence electrons. The van der Waals surface area contributed by atoms with Crippen molar-refractivity contribution in [3.05, 3.63) is 59.0 Å². The van der Waals surface area contributed by atoms with Crippen LogP contribution >= 0.6 is 0 Å². The van der Waals surface area contributed by atoms with Gasteiger partial charge < -0.3 is 10.6 Å². The summed E-state index contributed by atoms with van der Waals surface area (Å²) in [6.07, 6.45) is 15.0. The smallest absolute Gasteiger partial charge is 0.0375 e. The molecule has 0 unspecified atom stereocenters. The molecule has 0 radical (unpaired) electrons. The molecule has 0 saturated carbocycles. The number of nitrogens with one attached hydrogen (secondary N) is 2. The first-order valence-electron chi connectivity index (χ1n) is 7.02. The first-order valence-corrected chi connectivity index (χ1v) is 7.02. The molecule has 0 atom stereocenters. The van der Waals surface area contributed by atoms with E-state index in [1.807, 2.05) is 19.3 Å². The Morgan fingerprint density at radius 2 is 2.16 bits per heavy atom. The Bertz CT molecular complexity index is 434. The minimum absolute atomic E-state index is 0.975. The van der Waals surface area contributed by atoms with Gasteiger partial charge in [-0.25, -0.2) is 0 Å². The van der Waals surface area contributed by atoms with Gasteiger partial charge in [-0.3, -0.25) is 0 Å². The summed E-state index contributed by atoms with van der Waals surface area (Å²) in [6.45, 7) is 7.39. The van der Waals surface area contributed by atoms with E-state index in [4.69, 9.17) is 0 Å². The maximum atomic E-state index is 3.55. The Kier molecular flexibility index (Phi) is 6.80. The molecule has 0 aliphatic heterocycles. The highest BCUT2D eigenvalue weighted by atomic mass is 14.9. The SMILES string of the molecule is C/C=C(C(\C)=C/C=C/NC)/C(=C/CC)NCC1=CC1. The van der Waals surface area contributed by atoms with Gasteiger partial charge in [0.25, 0.3) is 0 Å². The largest absolute Gasteiger partial charge is 0.394 e. The molecule has 0 bridgehead atoms. The van der Waals surface area contributed by atoms with Gasteiger partial charge in [0, 0.05) is 19.3 Å². The molecule has 0 aromatic carbocycles. The maximum absolute atomic E-state index is 3.55. The van der Waals surface area contributed by atoms with Crippen LogP contribution in [0.5, 0.6) is 0 Å². The summed E-state index contributed by atoms with van der Waals surface area (Å²) in [6, 6.07) is 0. The van der Waals surface area contributed by atoms with Crippen molar-refractivity contribution >= 4 is 0 Å². The molecule has 1 aliphatic carbocycles. The van der Waals surface area contributed by atoms with Gasteiger partial charge in [-0.05, 0) is 50.1 Å². The van der Waals surface area contributed by atoms with Crippen molar-refractivity contribution in [1.29, 1.82) is 0 Å². The Balaban J connectivity index is 2.77. The van der Waals surface area contributed by atoms with Gasteiger partial charge in [-0.2, -0.15) is 0 Å².